The summed E-state index contributed by atoms with van der Waals surface area (Å²) in [5, 5.41) is 13.3. The van der Waals surface area contributed by atoms with Gasteiger partial charge in [0.25, 0.3) is 5.69 Å². The standard InChI is InChI=1S/C12H14FN3O4/c1-8(17)14-10-7-11(15-2-4-20-5-3-15)9(13)6-12(10)16(18)19/h6-7H,2-5H2,1H3,(H,14,17). The molecule has 1 fully saturated rings. The maximum Gasteiger partial charge on any atom is 0.295 e. The predicted molar refractivity (Wildman–Crippen MR) is 70.4 cm³/mol. The van der Waals surface area contributed by atoms with Crippen molar-refractivity contribution in [2.24, 2.45) is 0 Å². The Balaban J connectivity index is 2.42. The summed E-state index contributed by atoms with van der Waals surface area (Å²) in [6.07, 6.45) is 0. The normalized spacial score (nSPS) is 15.0. The fourth-order valence-electron chi connectivity index (χ4n) is 2.04. The second-order valence-corrected chi connectivity index (χ2v) is 4.36. The molecule has 0 aliphatic carbocycles. The summed E-state index contributed by atoms with van der Waals surface area (Å²) in [5.74, 6) is -1.14. The number of nitro benzene ring substituents is 1. The van der Waals surface area contributed by atoms with Gasteiger partial charge in [0, 0.05) is 20.0 Å². The van der Waals surface area contributed by atoms with Crippen LogP contribution < -0.4 is 10.2 Å². The molecular weight excluding hydrogens is 269 g/mol. The second-order valence-electron chi connectivity index (χ2n) is 4.36. The van der Waals surface area contributed by atoms with E-state index in [-0.39, 0.29) is 11.4 Å². The quantitative estimate of drug-likeness (QED) is 0.671. The Bertz CT molecular complexity index is 544. The van der Waals surface area contributed by atoms with E-state index in [1.54, 1.807) is 4.90 Å². The summed E-state index contributed by atoms with van der Waals surface area (Å²) < 4.78 is 19.2. The molecule has 1 aromatic rings. The van der Waals surface area contributed by atoms with E-state index < -0.39 is 22.3 Å². The number of ether oxygens (including phenoxy) is 1. The molecule has 0 radical (unpaired) electrons. The summed E-state index contributed by atoms with van der Waals surface area (Å²) in [7, 11) is 0. The van der Waals surface area contributed by atoms with Crippen LogP contribution in [-0.2, 0) is 9.53 Å². The minimum Gasteiger partial charge on any atom is -0.378 e. The van der Waals surface area contributed by atoms with Crippen LogP contribution in [0.2, 0.25) is 0 Å². The lowest BCUT2D eigenvalue weighted by Gasteiger charge is -2.29. The fraction of sp³-hybridized carbons (Fsp3) is 0.417. The highest BCUT2D eigenvalue weighted by atomic mass is 19.1. The Morgan fingerprint density at radius 3 is 2.65 bits per heavy atom. The van der Waals surface area contributed by atoms with Crippen LogP contribution in [0.1, 0.15) is 6.92 Å². The first-order chi connectivity index (χ1) is 9.49. The molecule has 0 unspecified atom stereocenters. The molecule has 1 N–H and O–H groups in total. The lowest BCUT2D eigenvalue weighted by Crippen LogP contribution is -2.36. The zero-order valence-corrected chi connectivity index (χ0v) is 10.9. The zero-order chi connectivity index (χ0) is 14.7. The zero-order valence-electron chi connectivity index (χ0n) is 10.9. The number of carbonyl (C=O) groups is 1. The van der Waals surface area contributed by atoms with Crippen LogP contribution in [0.25, 0.3) is 0 Å². The lowest BCUT2D eigenvalue weighted by molar-refractivity contribution is -0.384. The van der Waals surface area contributed by atoms with Crippen molar-refractivity contribution in [2.75, 3.05) is 36.5 Å². The van der Waals surface area contributed by atoms with Gasteiger partial charge in [-0.05, 0) is 6.07 Å². The van der Waals surface area contributed by atoms with Crippen molar-refractivity contribution >= 4 is 23.0 Å². The van der Waals surface area contributed by atoms with Gasteiger partial charge in [-0.3, -0.25) is 14.9 Å². The van der Waals surface area contributed by atoms with Gasteiger partial charge in [-0.25, -0.2) is 4.39 Å². The SMILES string of the molecule is CC(=O)Nc1cc(N2CCOCC2)c(F)cc1[N+](=O)[O-]. The number of rotatable bonds is 3. The average Bonchev–Trinajstić information content (AvgIpc) is 2.40. The molecule has 1 aliphatic rings. The molecule has 1 heterocycles. The molecule has 0 bridgehead atoms. The number of hydrogen-bond donors (Lipinski definition) is 1. The number of nitrogens with zero attached hydrogens (tertiary/aromatic N) is 2. The molecule has 0 aromatic heterocycles. The molecule has 0 spiro atoms. The van der Waals surface area contributed by atoms with Crippen molar-refractivity contribution in [3.63, 3.8) is 0 Å². The number of hydrogen-bond acceptors (Lipinski definition) is 5. The van der Waals surface area contributed by atoms with Gasteiger partial charge in [-0.15, -0.1) is 0 Å². The van der Waals surface area contributed by atoms with Crippen LogP contribution in [0, 0.1) is 15.9 Å². The van der Waals surface area contributed by atoms with Crippen molar-refractivity contribution < 1.29 is 18.8 Å². The molecule has 2 rings (SSSR count). The molecule has 8 heteroatoms. The van der Waals surface area contributed by atoms with E-state index in [2.05, 4.69) is 5.32 Å². The number of halogens is 1. The van der Waals surface area contributed by atoms with Gasteiger partial charge in [0.05, 0.1) is 29.9 Å². The predicted octanol–water partition coefficient (Wildman–Crippen LogP) is 1.53. The van der Waals surface area contributed by atoms with Gasteiger partial charge in [0.15, 0.2) is 5.82 Å². The van der Waals surface area contributed by atoms with Gasteiger partial charge in [-0.1, -0.05) is 0 Å². The molecule has 1 saturated heterocycles. The van der Waals surface area contributed by atoms with Crippen molar-refractivity contribution in [3.8, 4) is 0 Å². The minimum atomic E-state index is -0.725. The Labute approximate surface area is 114 Å². The van der Waals surface area contributed by atoms with Gasteiger partial charge in [-0.2, -0.15) is 0 Å². The van der Waals surface area contributed by atoms with E-state index in [9.17, 15) is 19.3 Å². The summed E-state index contributed by atoms with van der Waals surface area (Å²) in [6, 6.07) is 2.12. The lowest BCUT2D eigenvalue weighted by atomic mass is 10.2. The molecule has 7 nitrogen and oxygen atoms in total. The van der Waals surface area contributed by atoms with E-state index in [1.165, 1.54) is 13.0 Å². The Kier molecular flexibility index (Phi) is 4.14. The Morgan fingerprint density at radius 1 is 1.45 bits per heavy atom. The van der Waals surface area contributed by atoms with E-state index in [4.69, 9.17) is 4.74 Å². The summed E-state index contributed by atoms with van der Waals surface area (Å²) in [6.45, 7) is 3.15. The van der Waals surface area contributed by atoms with E-state index in [0.29, 0.717) is 26.3 Å². The summed E-state index contributed by atoms with van der Waals surface area (Å²) in [5.41, 5.74) is -0.247. The van der Waals surface area contributed by atoms with E-state index in [1.807, 2.05) is 0 Å². The highest BCUT2D eigenvalue weighted by Crippen LogP contribution is 2.32. The third kappa shape index (κ3) is 3.02. The number of carbonyl (C=O) groups excluding carboxylic acids is 1. The van der Waals surface area contributed by atoms with Crippen LogP contribution in [0.3, 0.4) is 0 Å². The summed E-state index contributed by atoms with van der Waals surface area (Å²) in [4.78, 5) is 23.0. The number of morpholine rings is 1. The van der Waals surface area contributed by atoms with Crippen LogP contribution in [0.5, 0.6) is 0 Å². The number of benzene rings is 1. The van der Waals surface area contributed by atoms with Gasteiger partial charge in [0.1, 0.15) is 5.69 Å². The largest absolute Gasteiger partial charge is 0.378 e. The van der Waals surface area contributed by atoms with Crippen molar-refractivity contribution in [1.29, 1.82) is 0 Å². The second kappa shape index (κ2) is 5.83. The highest BCUT2D eigenvalue weighted by Gasteiger charge is 2.23. The molecule has 1 aliphatic heterocycles. The van der Waals surface area contributed by atoms with Crippen LogP contribution in [0.15, 0.2) is 12.1 Å². The van der Waals surface area contributed by atoms with Crippen molar-refractivity contribution in [2.45, 2.75) is 6.92 Å². The third-order valence-corrected chi connectivity index (χ3v) is 2.92. The maximum absolute atomic E-state index is 14.0. The van der Waals surface area contributed by atoms with Crippen molar-refractivity contribution in [3.05, 3.63) is 28.1 Å². The first kappa shape index (κ1) is 14.2. The Morgan fingerprint density at radius 2 is 2.10 bits per heavy atom. The number of amides is 1. The van der Waals surface area contributed by atoms with Crippen LogP contribution in [-0.4, -0.2) is 37.1 Å². The fourth-order valence-corrected chi connectivity index (χ4v) is 2.04. The first-order valence-corrected chi connectivity index (χ1v) is 6.07. The smallest absolute Gasteiger partial charge is 0.295 e. The molecule has 0 saturated carbocycles. The number of anilines is 2. The molecule has 20 heavy (non-hydrogen) atoms. The van der Waals surface area contributed by atoms with Crippen LogP contribution >= 0.6 is 0 Å². The number of nitro groups is 1. The topological polar surface area (TPSA) is 84.7 Å². The van der Waals surface area contributed by atoms with E-state index in [0.717, 1.165) is 6.07 Å². The summed E-state index contributed by atoms with van der Waals surface area (Å²) >= 11 is 0. The van der Waals surface area contributed by atoms with Crippen molar-refractivity contribution in [1.82, 2.24) is 0 Å². The van der Waals surface area contributed by atoms with Crippen LogP contribution in [0.4, 0.5) is 21.5 Å². The number of nitrogens with one attached hydrogen (secondary N) is 1. The molecule has 1 amide bonds. The van der Waals surface area contributed by atoms with E-state index >= 15 is 0 Å². The monoisotopic (exact) mass is 283 g/mol. The highest BCUT2D eigenvalue weighted by molar-refractivity contribution is 5.92. The average molecular weight is 283 g/mol. The minimum absolute atomic E-state index is 0.00890. The van der Waals surface area contributed by atoms with Gasteiger partial charge in [0.2, 0.25) is 5.91 Å². The molecule has 1 aromatic carbocycles. The first-order valence-electron chi connectivity index (χ1n) is 6.07. The maximum atomic E-state index is 14.0. The third-order valence-electron chi connectivity index (χ3n) is 2.92. The Hall–Kier alpha value is -2.22. The van der Waals surface area contributed by atoms with Gasteiger partial charge >= 0.3 is 0 Å². The molecule has 108 valence electrons. The van der Waals surface area contributed by atoms with Gasteiger partial charge < -0.3 is 15.0 Å². The molecule has 0 atom stereocenters. The molecular formula is C12H14FN3O4.